The first-order valence-corrected chi connectivity index (χ1v) is 13.5. The van der Waals surface area contributed by atoms with Crippen LogP contribution in [0.3, 0.4) is 0 Å². The Balaban J connectivity index is 1.13. The van der Waals surface area contributed by atoms with Gasteiger partial charge in [-0.2, -0.15) is 0 Å². The number of nitrogens with one attached hydrogen (secondary N) is 2. The highest BCUT2D eigenvalue weighted by atomic mass is 16.5. The molecule has 6 rings (SSSR count). The van der Waals surface area contributed by atoms with E-state index in [9.17, 15) is 4.79 Å². The zero-order chi connectivity index (χ0) is 25.9. The number of urea groups is 1. The minimum absolute atomic E-state index is 0.0317. The zero-order valence-electron chi connectivity index (χ0n) is 21.9. The number of hydrogen-bond acceptors (Lipinski definition) is 4. The van der Waals surface area contributed by atoms with Gasteiger partial charge in [-0.1, -0.05) is 36.4 Å². The van der Waals surface area contributed by atoms with Gasteiger partial charge in [0.25, 0.3) is 0 Å². The molecule has 0 bridgehead atoms. The molecule has 1 saturated heterocycles. The number of aryl methyl sites for hydroxylation is 1. The van der Waals surface area contributed by atoms with Crippen LogP contribution in [0.1, 0.15) is 17.5 Å². The van der Waals surface area contributed by atoms with Crippen LogP contribution in [0.2, 0.25) is 0 Å². The number of carbonyl (C=O) groups is 1. The second kappa shape index (κ2) is 10.8. The van der Waals surface area contributed by atoms with Crippen LogP contribution in [0.15, 0.2) is 79.0 Å². The Hall–Kier alpha value is -3.97. The monoisotopic (exact) mass is 509 g/mol. The summed E-state index contributed by atoms with van der Waals surface area (Å²) in [6.45, 7) is 5.30. The molecule has 1 unspecified atom stereocenters. The average Bonchev–Trinajstić information content (AvgIpc) is 3.46. The van der Waals surface area contributed by atoms with E-state index >= 15 is 0 Å². The van der Waals surface area contributed by atoms with Crippen molar-refractivity contribution in [1.29, 1.82) is 0 Å². The number of nitrogens with zero attached hydrogens (tertiary/aromatic N) is 3. The molecule has 4 aromatic rings. The van der Waals surface area contributed by atoms with Crippen LogP contribution in [0, 0.1) is 0 Å². The lowest BCUT2D eigenvalue weighted by Crippen LogP contribution is -2.55. The lowest BCUT2D eigenvalue weighted by atomic mass is 9.95. The summed E-state index contributed by atoms with van der Waals surface area (Å²) in [5.74, 6) is 0.815. The van der Waals surface area contributed by atoms with Gasteiger partial charge in [0, 0.05) is 67.7 Å². The van der Waals surface area contributed by atoms with Gasteiger partial charge < -0.3 is 19.9 Å². The largest absolute Gasteiger partial charge is 0.497 e. The lowest BCUT2D eigenvalue weighted by molar-refractivity contribution is 0.220. The average molecular weight is 510 g/mol. The highest BCUT2D eigenvalue weighted by Gasteiger charge is 2.33. The van der Waals surface area contributed by atoms with E-state index in [4.69, 9.17) is 4.74 Å². The molecule has 3 heterocycles. The fourth-order valence-corrected chi connectivity index (χ4v) is 5.87. The number of aromatic amines is 1. The third-order valence-corrected chi connectivity index (χ3v) is 7.94. The number of piperazine rings is 1. The first-order chi connectivity index (χ1) is 18.7. The van der Waals surface area contributed by atoms with E-state index < -0.39 is 0 Å². The number of carbonyl (C=O) groups excluding carboxylic acids is 1. The van der Waals surface area contributed by atoms with Gasteiger partial charge in [0.15, 0.2) is 0 Å². The summed E-state index contributed by atoms with van der Waals surface area (Å²) in [6, 6.07) is 24.9. The Morgan fingerprint density at radius 1 is 0.947 bits per heavy atom. The number of hydrogen-bond donors (Lipinski definition) is 2. The molecule has 1 aromatic heterocycles. The van der Waals surface area contributed by atoms with Crippen molar-refractivity contribution in [1.82, 2.24) is 15.2 Å². The molecular formula is C31H35N5O2. The van der Waals surface area contributed by atoms with Crippen molar-refractivity contribution in [3.63, 3.8) is 0 Å². The molecular weight excluding hydrogens is 474 g/mol. The number of amides is 2. The molecule has 7 nitrogen and oxygen atoms in total. The summed E-state index contributed by atoms with van der Waals surface area (Å²) in [6.07, 6.45) is 3.98. The molecule has 2 N–H and O–H groups in total. The maximum Gasteiger partial charge on any atom is 0.322 e. The van der Waals surface area contributed by atoms with Gasteiger partial charge in [0.2, 0.25) is 0 Å². The molecule has 1 atom stereocenters. The van der Waals surface area contributed by atoms with Crippen LogP contribution >= 0.6 is 0 Å². The third kappa shape index (κ3) is 4.94. The number of fused-ring (bicyclic) bond motifs is 2. The summed E-state index contributed by atoms with van der Waals surface area (Å²) in [5, 5.41) is 4.46. The van der Waals surface area contributed by atoms with Gasteiger partial charge in [0.1, 0.15) is 5.75 Å². The van der Waals surface area contributed by atoms with E-state index in [1.807, 2.05) is 41.4 Å². The van der Waals surface area contributed by atoms with Crippen molar-refractivity contribution in [3.05, 3.63) is 90.1 Å². The molecule has 0 radical (unpaired) electrons. The van der Waals surface area contributed by atoms with E-state index in [1.165, 1.54) is 22.2 Å². The highest BCUT2D eigenvalue weighted by Crippen LogP contribution is 2.32. The van der Waals surface area contributed by atoms with E-state index in [0.717, 1.165) is 62.6 Å². The van der Waals surface area contributed by atoms with Gasteiger partial charge in [-0.3, -0.25) is 9.80 Å². The van der Waals surface area contributed by atoms with Crippen molar-refractivity contribution in [3.8, 4) is 5.75 Å². The van der Waals surface area contributed by atoms with Crippen molar-refractivity contribution in [2.45, 2.75) is 25.4 Å². The van der Waals surface area contributed by atoms with Crippen molar-refractivity contribution in [2.24, 2.45) is 0 Å². The fourth-order valence-electron chi connectivity index (χ4n) is 5.87. The minimum atomic E-state index is -0.0317. The second-order valence-electron chi connectivity index (χ2n) is 10.2. The Labute approximate surface area is 224 Å². The standard InChI is InChI=1S/C31H35N5O2/c1-38-26-13-9-23(10-14-26)21-33-31(37)36-25(12-11-24-5-2-3-7-29(24)36)22-34-17-19-35(20-18-34)30-8-4-6-28-27(30)15-16-32-28/h2-10,13-16,25,32H,11-12,17-22H2,1H3,(H,33,37). The van der Waals surface area contributed by atoms with E-state index in [2.05, 4.69) is 62.6 Å². The maximum absolute atomic E-state index is 13.6. The first-order valence-electron chi connectivity index (χ1n) is 13.5. The number of aromatic nitrogens is 1. The predicted molar refractivity (Wildman–Crippen MR) is 153 cm³/mol. The summed E-state index contributed by atoms with van der Waals surface area (Å²) >= 11 is 0. The molecule has 0 spiro atoms. The number of ether oxygens (including phenoxy) is 1. The van der Waals surface area contributed by atoms with E-state index in [-0.39, 0.29) is 12.1 Å². The summed E-state index contributed by atoms with van der Waals surface area (Å²) in [7, 11) is 1.66. The number of para-hydroxylation sites is 1. The van der Waals surface area contributed by atoms with Gasteiger partial charge in [-0.25, -0.2) is 4.79 Å². The zero-order valence-corrected chi connectivity index (χ0v) is 21.9. The number of rotatable bonds is 6. The number of benzene rings is 3. The normalized spacial score (nSPS) is 17.9. The van der Waals surface area contributed by atoms with Crippen LogP contribution in [0.5, 0.6) is 5.75 Å². The molecule has 3 aromatic carbocycles. The third-order valence-electron chi connectivity index (χ3n) is 7.94. The second-order valence-corrected chi connectivity index (χ2v) is 10.2. The van der Waals surface area contributed by atoms with Crippen LogP contribution in [-0.2, 0) is 13.0 Å². The molecule has 0 aliphatic carbocycles. The Bertz CT molecular complexity index is 1390. The van der Waals surface area contributed by atoms with E-state index in [0.29, 0.717) is 6.54 Å². The lowest BCUT2D eigenvalue weighted by Gasteiger charge is -2.42. The van der Waals surface area contributed by atoms with Crippen LogP contribution in [0.25, 0.3) is 10.9 Å². The number of H-pyrrole nitrogens is 1. The van der Waals surface area contributed by atoms with Crippen molar-refractivity contribution in [2.75, 3.05) is 49.6 Å². The van der Waals surface area contributed by atoms with Crippen molar-refractivity contribution >= 4 is 28.3 Å². The van der Waals surface area contributed by atoms with E-state index in [1.54, 1.807) is 7.11 Å². The van der Waals surface area contributed by atoms with Crippen LogP contribution in [-0.4, -0.2) is 61.8 Å². The van der Waals surface area contributed by atoms with Gasteiger partial charge in [-0.05, 0) is 60.4 Å². The Kier molecular flexibility index (Phi) is 6.92. The molecule has 38 heavy (non-hydrogen) atoms. The predicted octanol–water partition coefficient (Wildman–Crippen LogP) is 5.03. The van der Waals surface area contributed by atoms with Crippen LogP contribution < -0.4 is 19.9 Å². The maximum atomic E-state index is 13.6. The molecule has 0 saturated carbocycles. The first kappa shape index (κ1) is 24.4. The van der Waals surface area contributed by atoms with Crippen molar-refractivity contribution < 1.29 is 9.53 Å². The van der Waals surface area contributed by atoms with Gasteiger partial charge in [-0.15, -0.1) is 0 Å². The summed E-state index contributed by atoms with van der Waals surface area (Å²) in [5.41, 5.74) is 5.81. The van der Waals surface area contributed by atoms with Gasteiger partial charge >= 0.3 is 6.03 Å². The molecule has 7 heteroatoms. The number of anilines is 2. The SMILES string of the molecule is COc1ccc(CNC(=O)N2c3ccccc3CCC2CN2CCN(c3cccc4[nH]ccc34)CC2)cc1. The smallest absolute Gasteiger partial charge is 0.322 e. The van der Waals surface area contributed by atoms with Gasteiger partial charge in [0.05, 0.1) is 13.2 Å². The molecule has 1 fully saturated rings. The topological polar surface area (TPSA) is 63.8 Å². The number of methoxy groups -OCH3 is 1. The highest BCUT2D eigenvalue weighted by molar-refractivity contribution is 5.94. The Morgan fingerprint density at radius 2 is 1.74 bits per heavy atom. The summed E-state index contributed by atoms with van der Waals surface area (Å²) < 4.78 is 5.26. The molecule has 2 aliphatic rings. The quantitative estimate of drug-likeness (QED) is 0.383. The Morgan fingerprint density at radius 3 is 2.55 bits per heavy atom. The molecule has 196 valence electrons. The van der Waals surface area contributed by atoms with Crippen LogP contribution in [0.4, 0.5) is 16.2 Å². The summed E-state index contributed by atoms with van der Waals surface area (Å²) in [4.78, 5) is 24.0. The molecule has 2 amide bonds. The molecule has 2 aliphatic heterocycles. The fraction of sp³-hybridized carbons (Fsp3) is 0.323. The minimum Gasteiger partial charge on any atom is -0.497 e.